The molecule has 2 N–H and O–H groups in total. The summed E-state index contributed by atoms with van der Waals surface area (Å²) < 4.78 is 20.3. The van der Waals surface area contributed by atoms with Gasteiger partial charge in [0.25, 0.3) is 0 Å². The lowest BCUT2D eigenvalue weighted by Crippen LogP contribution is -2.22. The van der Waals surface area contributed by atoms with E-state index in [4.69, 9.17) is 24.7 Å². The van der Waals surface area contributed by atoms with Crippen LogP contribution >= 0.6 is 11.3 Å². The van der Waals surface area contributed by atoms with Crippen molar-refractivity contribution in [2.45, 2.75) is 57.7 Å². The molecular weight excluding hydrogens is 608 g/mol. The Kier molecular flexibility index (Phi) is 11.4. The largest absolute Gasteiger partial charge is 0.511 e. The molecule has 0 unspecified atom stereocenters. The Morgan fingerprint density at radius 1 is 0.804 bits per heavy atom. The van der Waals surface area contributed by atoms with Gasteiger partial charge < -0.3 is 24.7 Å². The number of aliphatic imine (C=N–C) groups is 1. The summed E-state index contributed by atoms with van der Waals surface area (Å²) in [5, 5.41) is 9.86. The van der Waals surface area contributed by atoms with Crippen LogP contribution in [0, 0.1) is 0 Å². The molecule has 5 rings (SSSR count). The average molecular weight is 643 g/mol. The van der Waals surface area contributed by atoms with Crippen LogP contribution in [0.15, 0.2) is 83.9 Å². The molecule has 238 valence electrons. The first-order valence-corrected chi connectivity index (χ1v) is 15.8. The van der Waals surface area contributed by atoms with Crippen LogP contribution < -0.4 is 5.73 Å². The van der Waals surface area contributed by atoms with Crippen LogP contribution in [0.3, 0.4) is 0 Å². The third kappa shape index (κ3) is 9.70. The van der Waals surface area contributed by atoms with E-state index in [2.05, 4.69) is 15.2 Å². The van der Waals surface area contributed by atoms with Crippen LogP contribution in [0.5, 0.6) is 0 Å². The lowest BCUT2D eigenvalue weighted by Gasteiger charge is -2.21. The molecular formula is C34H34N4O7S. The molecule has 1 aliphatic rings. The SMILES string of the molecule is N/C(=N/C(=O)OCc1ccccc1)c1ccc(-c2ccc(-c3nnc(CCC(=O)OCOC(=O)OC4CCCCC4)s3)cc2)cc1. The van der Waals surface area contributed by atoms with Gasteiger partial charge in [0.15, 0.2) is 0 Å². The van der Waals surface area contributed by atoms with Crippen molar-refractivity contribution in [2.75, 3.05) is 6.79 Å². The zero-order chi connectivity index (χ0) is 32.1. The second kappa shape index (κ2) is 16.3. The maximum Gasteiger partial charge on any atom is 0.511 e. The lowest BCUT2D eigenvalue weighted by atomic mass is 9.98. The van der Waals surface area contributed by atoms with Crippen molar-refractivity contribution in [3.8, 4) is 21.7 Å². The van der Waals surface area contributed by atoms with Crippen LogP contribution in [0.4, 0.5) is 9.59 Å². The third-order valence-electron chi connectivity index (χ3n) is 7.28. The maximum atomic E-state index is 12.1. The Bertz CT molecular complexity index is 1630. The van der Waals surface area contributed by atoms with Gasteiger partial charge in [0.05, 0.1) is 6.42 Å². The number of hydrogen-bond acceptors (Lipinski definition) is 10. The number of aromatic nitrogens is 2. The number of nitrogens with two attached hydrogens (primary N) is 1. The van der Waals surface area contributed by atoms with Crippen LogP contribution in [-0.2, 0) is 36.8 Å². The number of aryl methyl sites for hydroxylation is 1. The fourth-order valence-electron chi connectivity index (χ4n) is 4.80. The van der Waals surface area contributed by atoms with Crippen molar-refractivity contribution < 1.29 is 33.3 Å². The van der Waals surface area contributed by atoms with Crippen molar-refractivity contribution in [1.82, 2.24) is 10.2 Å². The molecule has 1 saturated carbocycles. The van der Waals surface area contributed by atoms with E-state index in [-0.39, 0.29) is 25.0 Å². The molecule has 1 aliphatic carbocycles. The standard InChI is InChI=1S/C34H34N4O7S/c35-31(36-33(40)42-21-23-7-3-1-4-8-23)26-15-11-24(12-16-26)25-13-17-27(18-14-25)32-38-37-29(46-32)19-20-30(39)43-22-44-34(41)45-28-9-5-2-6-10-28/h1,3-4,7-8,11-18,28H,2,5-6,9-10,19-22H2,(H2,35,36,40). The number of rotatable bonds is 11. The number of hydrogen-bond donors (Lipinski definition) is 1. The minimum atomic E-state index is -0.815. The van der Waals surface area contributed by atoms with E-state index < -0.39 is 25.0 Å². The molecule has 0 bridgehead atoms. The number of ether oxygens (including phenoxy) is 4. The zero-order valence-corrected chi connectivity index (χ0v) is 25.9. The summed E-state index contributed by atoms with van der Waals surface area (Å²) in [6.45, 7) is -0.360. The molecule has 0 radical (unpaired) electrons. The second-order valence-electron chi connectivity index (χ2n) is 10.6. The zero-order valence-electron chi connectivity index (χ0n) is 25.1. The molecule has 1 fully saturated rings. The number of nitrogens with zero attached hydrogens (tertiary/aromatic N) is 3. The highest BCUT2D eigenvalue weighted by Crippen LogP contribution is 2.28. The van der Waals surface area contributed by atoms with Gasteiger partial charge in [-0.25, -0.2) is 9.59 Å². The lowest BCUT2D eigenvalue weighted by molar-refractivity contribution is -0.153. The molecule has 0 spiro atoms. The summed E-state index contributed by atoms with van der Waals surface area (Å²) in [6, 6.07) is 24.6. The van der Waals surface area contributed by atoms with Crippen LogP contribution in [0.25, 0.3) is 21.7 Å². The van der Waals surface area contributed by atoms with Gasteiger partial charge in [-0.1, -0.05) is 96.6 Å². The van der Waals surface area contributed by atoms with Gasteiger partial charge in [-0.2, -0.15) is 4.99 Å². The Hall–Kier alpha value is -5.10. The number of esters is 1. The molecule has 1 heterocycles. The Balaban J connectivity index is 1.06. The maximum absolute atomic E-state index is 12.1. The van der Waals surface area contributed by atoms with Crippen molar-refractivity contribution >= 4 is 35.4 Å². The quantitative estimate of drug-likeness (QED) is 0.0605. The molecule has 1 aromatic heterocycles. The van der Waals surface area contributed by atoms with E-state index in [0.717, 1.165) is 59.4 Å². The highest BCUT2D eigenvalue weighted by molar-refractivity contribution is 7.14. The Labute approximate surface area is 270 Å². The minimum Gasteiger partial charge on any atom is -0.443 e. The predicted molar refractivity (Wildman–Crippen MR) is 172 cm³/mol. The number of amidine groups is 1. The van der Waals surface area contributed by atoms with Gasteiger partial charge >= 0.3 is 18.2 Å². The molecule has 4 aromatic rings. The fourth-order valence-corrected chi connectivity index (χ4v) is 5.65. The van der Waals surface area contributed by atoms with Gasteiger partial charge in [-0.3, -0.25) is 4.79 Å². The molecule has 0 atom stereocenters. The third-order valence-corrected chi connectivity index (χ3v) is 8.32. The van der Waals surface area contributed by atoms with Crippen molar-refractivity contribution in [3.63, 3.8) is 0 Å². The van der Waals surface area contributed by atoms with E-state index in [1.54, 1.807) is 12.1 Å². The van der Waals surface area contributed by atoms with Crippen molar-refractivity contribution in [2.24, 2.45) is 10.7 Å². The first-order valence-electron chi connectivity index (χ1n) is 15.0. The molecule has 1 amide bonds. The van der Waals surface area contributed by atoms with Gasteiger partial charge in [0.1, 0.15) is 28.6 Å². The Morgan fingerprint density at radius 2 is 1.48 bits per heavy atom. The fraction of sp³-hybridized carbons (Fsp3) is 0.294. The highest BCUT2D eigenvalue weighted by Gasteiger charge is 2.19. The summed E-state index contributed by atoms with van der Waals surface area (Å²) in [6.07, 6.45) is 3.63. The molecule has 46 heavy (non-hydrogen) atoms. The van der Waals surface area contributed by atoms with Gasteiger partial charge in [-0.05, 0) is 42.4 Å². The predicted octanol–water partition coefficient (Wildman–Crippen LogP) is 6.83. The van der Waals surface area contributed by atoms with E-state index in [1.807, 2.05) is 66.7 Å². The van der Waals surface area contributed by atoms with E-state index in [0.29, 0.717) is 17.0 Å². The molecule has 0 saturated heterocycles. The molecule has 12 heteroatoms. The van der Waals surface area contributed by atoms with Crippen LogP contribution in [-0.4, -0.2) is 47.1 Å². The van der Waals surface area contributed by atoms with Crippen LogP contribution in [0.2, 0.25) is 0 Å². The van der Waals surface area contributed by atoms with E-state index >= 15 is 0 Å². The van der Waals surface area contributed by atoms with Crippen LogP contribution in [0.1, 0.15) is 54.7 Å². The summed E-state index contributed by atoms with van der Waals surface area (Å²) >= 11 is 1.39. The number of carbonyl (C=O) groups is 3. The number of benzene rings is 3. The molecule has 0 aliphatic heterocycles. The van der Waals surface area contributed by atoms with E-state index in [1.165, 1.54) is 11.3 Å². The van der Waals surface area contributed by atoms with Gasteiger partial charge in [0.2, 0.25) is 6.79 Å². The summed E-state index contributed by atoms with van der Waals surface area (Å²) in [5.41, 5.74) is 10.3. The van der Waals surface area contributed by atoms with Crippen molar-refractivity contribution in [1.29, 1.82) is 0 Å². The second-order valence-corrected chi connectivity index (χ2v) is 11.7. The Morgan fingerprint density at radius 3 is 2.20 bits per heavy atom. The highest BCUT2D eigenvalue weighted by atomic mass is 32.1. The average Bonchev–Trinajstić information content (AvgIpc) is 3.57. The summed E-state index contributed by atoms with van der Waals surface area (Å²) in [4.78, 5) is 39.8. The van der Waals surface area contributed by atoms with E-state index in [9.17, 15) is 14.4 Å². The normalized spacial score (nSPS) is 13.5. The first-order chi connectivity index (χ1) is 22.4. The molecule has 11 nitrogen and oxygen atoms in total. The monoisotopic (exact) mass is 642 g/mol. The first kappa shape index (κ1) is 32.3. The van der Waals surface area contributed by atoms with Crippen molar-refractivity contribution in [3.05, 3.63) is 95.0 Å². The topological polar surface area (TPSA) is 152 Å². The summed E-state index contributed by atoms with van der Waals surface area (Å²) in [5.74, 6) is -0.434. The minimum absolute atomic E-state index is 0.0724. The van der Waals surface area contributed by atoms with Gasteiger partial charge in [-0.15, -0.1) is 10.2 Å². The smallest absolute Gasteiger partial charge is 0.443 e. The summed E-state index contributed by atoms with van der Waals surface area (Å²) in [7, 11) is 0. The molecule has 3 aromatic carbocycles. The number of amides is 1. The number of carbonyl (C=O) groups excluding carboxylic acids is 3. The van der Waals surface area contributed by atoms with Gasteiger partial charge in [0, 0.05) is 17.5 Å².